The Balaban J connectivity index is 2.14. The number of halogens is 3. The standard InChI is InChI=1S/C13H10Cl3N3O4S2/c14-6-1-2-7(8(15)3-6)13-18-10-4-9(16)11(24(17,20)21)5-12(10)25(22,23)19-13/h1-5,13,18-19H,(H2,17,20,21)/t13-/m0/s1. The molecule has 7 nitrogen and oxygen atoms in total. The van der Waals surface area contributed by atoms with E-state index in [1.807, 2.05) is 0 Å². The molecule has 0 aromatic heterocycles. The van der Waals surface area contributed by atoms with E-state index in [1.165, 1.54) is 12.1 Å². The van der Waals surface area contributed by atoms with Crippen LogP contribution in [0.25, 0.3) is 0 Å². The maximum atomic E-state index is 12.5. The summed E-state index contributed by atoms with van der Waals surface area (Å²) < 4.78 is 50.5. The second-order valence-corrected chi connectivity index (χ2v) is 9.65. The van der Waals surface area contributed by atoms with Gasteiger partial charge in [-0.3, -0.25) is 0 Å². The molecule has 0 saturated heterocycles. The maximum Gasteiger partial charge on any atom is 0.244 e. The lowest BCUT2D eigenvalue weighted by molar-refractivity contribution is 0.562. The van der Waals surface area contributed by atoms with Crippen molar-refractivity contribution in [2.75, 3.05) is 5.32 Å². The van der Waals surface area contributed by atoms with Crippen LogP contribution in [0.2, 0.25) is 15.1 Å². The molecule has 0 aliphatic carbocycles. The highest BCUT2D eigenvalue weighted by atomic mass is 35.5. The number of hydrogen-bond acceptors (Lipinski definition) is 5. The van der Waals surface area contributed by atoms with Crippen molar-refractivity contribution in [1.29, 1.82) is 0 Å². The van der Waals surface area contributed by atoms with Crippen LogP contribution in [0.3, 0.4) is 0 Å². The second-order valence-electron chi connectivity index (χ2n) is 5.19. The third-order valence-corrected chi connectivity index (χ3v) is 6.88. The quantitative estimate of drug-likeness (QED) is 0.661. The van der Waals surface area contributed by atoms with Crippen LogP contribution >= 0.6 is 34.8 Å². The van der Waals surface area contributed by atoms with Gasteiger partial charge < -0.3 is 5.32 Å². The molecule has 0 fully saturated rings. The molecule has 0 bridgehead atoms. The summed E-state index contributed by atoms with van der Waals surface area (Å²) in [6.45, 7) is 0. The molecule has 25 heavy (non-hydrogen) atoms. The molecule has 0 spiro atoms. The molecule has 1 heterocycles. The summed E-state index contributed by atoms with van der Waals surface area (Å²) in [6, 6.07) is 6.69. The number of anilines is 1. The Hall–Kier alpha value is -1.07. The van der Waals surface area contributed by atoms with Crippen LogP contribution < -0.4 is 15.2 Å². The first kappa shape index (κ1) is 18.7. The van der Waals surface area contributed by atoms with Crippen LogP contribution in [0.4, 0.5) is 5.69 Å². The third kappa shape index (κ3) is 3.59. The van der Waals surface area contributed by atoms with Gasteiger partial charge in [0.25, 0.3) is 0 Å². The first-order chi connectivity index (χ1) is 11.5. The zero-order chi connectivity index (χ0) is 18.6. The number of rotatable bonds is 2. The average molecular weight is 443 g/mol. The minimum absolute atomic E-state index is 0.118. The summed E-state index contributed by atoms with van der Waals surface area (Å²) in [5, 5.41) is 8.41. The summed E-state index contributed by atoms with van der Waals surface area (Å²) in [6.07, 6.45) is -0.890. The van der Waals surface area contributed by atoms with Gasteiger partial charge in [0.1, 0.15) is 16.0 Å². The summed E-state index contributed by atoms with van der Waals surface area (Å²) in [5.74, 6) is 0. The molecule has 4 N–H and O–H groups in total. The fourth-order valence-electron chi connectivity index (χ4n) is 2.37. The third-order valence-electron chi connectivity index (χ3n) is 3.48. The van der Waals surface area contributed by atoms with Gasteiger partial charge in [0.05, 0.1) is 10.7 Å². The lowest BCUT2D eigenvalue weighted by Crippen LogP contribution is -2.38. The Kier molecular flexibility index (Phi) is 4.70. The Morgan fingerprint density at radius 2 is 1.72 bits per heavy atom. The second kappa shape index (κ2) is 6.27. The van der Waals surface area contributed by atoms with Crippen molar-refractivity contribution in [3.05, 3.63) is 51.0 Å². The lowest BCUT2D eigenvalue weighted by Gasteiger charge is -2.29. The van der Waals surface area contributed by atoms with Gasteiger partial charge in [-0.2, -0.15) is 4.72 Å². The summed E-state index contributed by atoms with van der Waals surface area (Å²) in [5.41, 5.74) is 0.555. The molecule has 2 aromatic carbocycles. The molecule has 0 saturated carbocycles. The van der Waals surface area contributed by atoms with E-state index in [0.717, 1.165) is 6.07 Å². The lowest BCUT2D eigenvalue weighted by atomic mass is 10.1. The minimum atomic E-state index is -4.18. The summed E-state index contributed by atoms with van der Waals surface area (Å²) in [7, 11) is -8.23. The Bertz CT molecular complexity index is 1090. The van der Waals surface area contributed by atoms with Crippen LogP contribution in [0, 0.1) is 0 Å². The van der Waals surface area contributed by atoms with Gasteiger partial charge in [0, 0.05) is 15.6 Å². The van der Waals surface area contributed by atoms with Gasteiger partial charge >= 0.3 is 0 Å². The molecule has 2 aromatic rings. The van der Waals surface area contributed by atoms with Gasteiger partial charge in [-0.05, 0) is 24.3 Å². The Morgan fingerprint density at radius 3 is 2.32 bits per heavy atom. The number of sulfonamides is 2. The normalized spacial score (nSPS) is 19.1. The van der Waals surface area contributed by atoms with Crippen LogP contribution in [-0.2, 0) is 20.0 Å². The summed E-state index contributed by atoms with van der Waals surface area (Å²) >= 11 is 17.9. The summed E-state index contributed by atoms with van der Waals surface area (Å²) in [4.78, 5) is -0.773. The highest BCUT2D eigenvalue weighted by molar-refractivity contribution is 7.90. The number of nitrogens with two attached hydrogens (primary N) is 1. The Labute approximate surface area is 159 Å². The van der Waals surface area contributed by atoms with Gasteiger partial charge in [-0.25, -0.2) is 22.0 Å². The maximum absolute atomic E-state index is 12.5. The number of fused-ring (bicyclic) bond motifs is 1. The molecular weight excluding hydrogens is 433 g/mol. The van der Waals surface area contributed by atoms with Crippen molar-refractivity contribution >= 4 is 60.5 Å². The van der Waals surface area contributed by atoms with Crippen molar-refractivity contribution < 1.29 is 16.8 Å². The van der Waals surface area contributed by atoms with Crippen molar-refractivity contribution in [2.24, 2.45) is 5.14 Å². The van der Waals surface area contributed by atoms with Gasteiger partial charge in [0.15, 0.2) is 0 Å². The highest BCUT2D eigenvalue weighted by Crippen LogP contribution is 2.38. The predicted octanol–water partition coefficient (Wildman–Crippen LogP) is 2.70. The molecule has 12 heteroatoms. The van der Waals surface area contributed by atoms with E-state index in [-0.39, 0.29) is 20.6 Å². The Morgan fingerprint density at radius 1 is 1.04 bits per heavy atom. The van der Waals surface area contributed by atoms with E-state index >= 15 is 0 Å². The van der Waals surface area contributed by atoms with Crippen molar-refractivity contribution in [1.82, 2.24) is 4.72 Å². The smallest absolute Gasteiger partial charge is 0.244 e. The van der Waals surface area contributed by atoms with Crippen molar-refractivity contribution in [3.63, 3.8) is 0 Å². The predicted molar refractivity (Wildman–Crippen MR) is 96.0 cm³/mol. The van der Waals surface area contributed by atoms with E-state index in [9.17, 15) is 16.8 Å². The molecule has 134 valence electrons. The largest absolute Gasteiger partial charge is 0.364 e. The van der Waals surface area contributed by atoms with Crippen molar-refractivity contribution in [2.45, 2.75) is 16.0 Å². The van der Waals surface area contributed by atoms with Gasteiger partial charge in [-0.1, -0.05) is 40.9 Å². The SMILES string of the molecule is NS(=O)(=O)c1cc2c(cc1Cl)N[C@H](c1ccc(Cl)cc1Cl)NS2(=O)=O. The molecule has 1 atom stereocenters. The topological polar surface area (TPSA) is 118 Å². The minimum Gasteiger partial charge on any atom is -0.364 e. The molecule has 0 unspecified atom stereocenters. The fraction of sp³-hybridized carbons (Fsp3) is 0.0769. The molecule has 1 aliphatic rings. The first-order valence-corrected chi connectivity index (χ1v) is 10.8. The van der Waals surface area contributed by atoms with Crippen LogP contribution in [0.15, 0.2) is 40.1 Å². The van der Waals surface area contributed by atoms with E-state index in [4.69, 9.17) is 39.9 Å². The van der Waals surface area contributed by atoms with Crippen LogP contribution in [0.5, 0.6) is 0 Å². The van der Waals surface area contributed by atoms with E-state index < -0.39 is 31.1 Å². The highest BCUT2D eigenvalue weighted by Gasteiger charge is 2.33. The first-order valence-electron chi connectivity index (χ1n) is 6.59. The van der Waals surface area contributed by atoms with Crippen LogP contribution in [0.1, 0.15) is 11.7 Å². The number of nitrogens with one attached hydrogen (secondary N) is 2. The van der Waals surface area contributed by atoms with Gasteiger partial charge in [0.2, 0.25) is 20.0 Å². The molecular formula is C13H10Cl3N3O4S2. The van der Waals surface area contributed by atoms with E-state index in [2.05, 4.69) is 10.0 Å². The number of primary sulfonamides is 1. The van der Waals surface area contributed by atoms with E-state index in [1.54, 1.807) is 12.1 Å². The average Bonchev–Trinajstić information content (AvgIpc) is 2.44. The van der Waals surface area contributed by atoms with Crippen LogP contribution in [-0.4, -0.2) is 16.8 Å². The zero-order valence-electron chi connectivity index (χ0n) is 12.1. The fourth-order valence-corrected chi connectivity index (χ4v) is 5.36. The van der Waals surface area contributed by atoms with Crippen molar-refractivity contribution in [3.8, 4) is 0 Å². The van der Waals surface area contributed by atoms with Gasteiger partial charge in [-0.15, -0.1) is 0 Å². The zero-order valence-corrected chi connectivity index (χ0v) is 16.0. The molecule has 3 rings (SSSR count). The molecule has 1 aliphatic heterocycles. The monoisotopic (exact) mass is 441 g/mol. The van der Waals surface area contributed by atoms with E-state index in [0.29, 0.717) is 10.6 Å². The number of hydrogen-bond donors (Lipinski definition) is 3. The number of benzene rings is 2. The molecule has 0 amide bonds. The molecule has 0 radical (unpaired) electrons.